The molecule has 5 heteroatoms. The number of benzene rings is 2. The number of pyridine rings is 1. The number of anilines is 1. The molecule has 0 atom stereocenters. The Balaban J connectivity index is 1.51. The molecule has 0 unspecified atom stereocenters. The van der Waals surface area contributed by atoms with Crippen molar-refractivity contribution in [3.8, 4) is 0 Å². The minimum atomic E-state index is -0.404. The number of nitrogens with zero attached hydrogens (tertiary/aromatic N) is 3. The lowest BCUT2D eigenvalue weighted by atomic mass is 10.0. The number of carbonyl (C=O) groups excluding carboxylic acids is 1. The first kappa shape index (κ1) is 18.4. The third kappa shape index (κ3) is 3.58. The zero-order chi connectivity index (χ0) is 19.7. The molecular weight excluding hydrogens is 348 g/mol. The van der Waals surface area contributed by atoms with Crippen molar-refractivity contribution in [1.82, 2.24) is 9.88 Å². The summed E-state index contributed by atoms with van der Waals surface area (Å²) >= 11 is 0. The number of hydrogen-bond donors (Lipinski definition) is 1. The van der Waals surface area contributed by atoms with Gasteiger partial charge in [0.2, 0.25) is 0 Å². The van der Waals surface area contributed by atoms with E-state index in [0.29, 0.717) is 5.56 Å². The van der Waals surface area contributed by atoms with Crippen LogP contribution in [-0.4, -0.2) is 42.0 Å². The molecule has 28 heavy (non-hydrogen) atoms. The Labute approximate surface area is 165 Å². The molecule has 1 fully saturated rings. The van der Waals surface area contributed by atoms with Crippen molar-refractivity contribution in [3.63, 3.8) is 0 Å². The Bertz CT molecular complexity index is 1020. The maximum absolute atomic E-state index is 12.0. The van der Waals surface area contributed by atoms with E-state index in [4.69, 9.17) is 5.73 Å². The Morgan fingerprint density at radius 1 is 1.04 bits per heavy atom. The molecule has 0 spiro atoms. The van der Waals surface area contributed by atoms with Crippen molar-refractivity contribution in [2.75, 3.05) is 31.1 Å². The summed E-state index contributed by atoms with van der Waals surface area (Å²) in [6.07, 6.45) is 0. The van der Waals surface area contributed by atoms with Crippen LogP contribution in [0, 0.1) is 13.8 Å². The highest BCUT2D eigenvalue weighted by molar-refractivity contribution is 5.99. The van der Waals surface area contributed by atoms with Crippen LogP contribution in [0.1, 0.15) is 27.2 Å². The normalized spacial score (nSPS) is 15.1. The third-order valence-electron chi connectivity index (χ3n) is 5.52. The van der Waals surface area contributed by atoms with Gasteiger partial charge >= 0.3 is 0 Å². The molecule has 1 aliphatic rings. The van der Waals surface area contributed by atoms with E-state index in [1.54, 1.807) is 0 Å². The van der Waals surface area contributed by atoms with E-state index in [9.17, 15) is 4.79 Å². The van der Waals surface area contributed by atoms with Crippen molar-refractivity contribution in [2.24, 2.45) is 5.73 Å². The summed E-state index contributed by atoms with van der Waals surface area (Å²) in [5.41, 5.74) is 9.35. The van der Waals surface area contributed by atoms with Crippen LogP contribution in [0.3, 0.4) is 0 Å². The van der Waals surface area contributed by atoms with Gasteiger partial charge in [0, 0.05) is 38.4 Å². The molecule has 0 saturated carbocycles. The van der Waals surface area contributed by atoms with E-state index in [-0.39, 0.29) is 0 Å². The molecule has 144 valence electrons. The Hall–Kier alpha value is -2.92. The minimum absolute atomic E-state index is 0.404. The second kappa shape index (κ2) is 7.60. The molecule has 2 heterocycles. The molecule has 1 aliphatic heterocycles. The first-order chi connectivity index (χ1) is 13.5. The number of rotatable bonds is 4. The van der Waals surface area contributed by atoms with Crippen LogP contribution in [0.4, 0.5) is 5.82 Å². The fraction of sp³-hybridized carbons (Fsp3) is 0.304. The lowest BCUT2D eigenvalue weighted by Gasteiger charge is -2.36. The highest BCUT2D eigenvalue weighted by atomic mass is 16.1. The van der Waals surface area contributed by atoms with Crippen molar-refractivity contribution >= 4 is 22.5 Å². The molecule has 0 bridgehead atoms. The predicted molar refractivity (Wildman–Crippen MR) is 114 cm³/mol. The third-order valence-corrected chi connectivity index (χ3v) is 5.52. The van der Waals surface area contributed by atoms with Crippen LogP contribution in [0.15, 0.2) is 48.5 Å². The summed E-state index contributed by atoms with van der Waals surface area (Å²) < 4.78 is 0. The van der Waals surface area contributed by atoms with Gasteiger partial charge in [-0.05, 0) is 41.8 Å². The number of aromatic nitrogens is 1. The molecule has 4 rings (SSSR count). The second-order valence-electron chi connectivity index (χ2n) is 7.54. The van der Waals surface area contributed by atoms with Gasteiger partial charge in [-0.25, -0.2) is 4.98 Å². The number of hydrogen-bond acceptors (Lipinski definition) is 4. The van der Waals surface area contributed by atoms with Crippen molar-refractivity contribution < 1.29 is 4.79 Å². The molecular formula is C23H26N4O. The summed E-state index contributed by atoms with van der Waals surface area (Å²) in [7, 11) is 0. The van der Waals surface area contributed by atoms with Gasteiger partial charge in [0.1, 0.15) is 5.82 Å². The number of amides is 1. The Morgan fingerprint density at radius 3 is 2.50 bits per heavy atom. The van der Waals surface area contributed by atoms with Gasteiger partial charge in [0.15, 0.2) is 0 Å². The van der Waals surface area contributed by atoms with E-state index >= 15 is 0 Å². The standard InChI is InChI=1S/C23H26N4O/c1-16-14-17(2)25-23(21(16)22(24)28)27-12-10-26(11-13-27)15-19-8-5-7-18-6-3-4-9-20(18)19/h3-9,14H,10-13,15H2,1-2H3,(H2,24,28). The fourth-order valence-corrected chi connectivity index (χ4v) is 4.14. The number of nitrogens with two attached hydrogens (primary N) is 1. The quantitative estimate of drug-likeness (QED) is 0.761. The average molecular weight is 374 g/mol. The molecule has 0 aliphatic carbocycles. The highest BCUT2D eigenvalue weighted by Crippen LogP contribution is 2.25. The maximum atomic E-state index is 12.0. The first-order valence-corrected chi connectivity index (χ1v) is 9.75. The molecule has 1 aromatic heterocycles. The van der Waals surface area contributed by atoms with Crippen molar-refractivity contribution in [2.45, 2.75) is 20.4 Å². The first-order valence-electron chi connectivity index (χ1n) is 9.75. The Morgan fingerprint density at radius 2 is 1.75 bits per heavy atom. The summed E-state index contributed by atoms with van der Waals surface area (Å²) in [5.74, 6) is 0.327. The number of primary amides is 1. The van der Waals surface area contributed by atoms with Gasteiger partial charge in [-0.2, -0.15) is 0 Å². The van der Waals surface area contributed by atoms with Crippen LogP contribution in [0.2, 0.25) is 0 Å². The zero-order valence-corrected chi connectivity index (χ0v) is 16.5. The second-order valence-corrected chi connectivity index (χ2v) is 7.54. The molecule has 2 aromatic carbocycles. The average Bonchev–Trinajstić information content (AvgIpc) is 2.68. The zero-order valence-electron chi connectivity index (χ0n) is 16.5. The van der Waals surface area contributed by atoms with Gasteiger partial charge in [-0.1, -0.05) is 42.5 Å². The van der Waals surface area contributed by atoms with Crippen LogP contribution in [0.5, 0.6) is 0 Å². The topological polar surface area (TPSA) is 62.5 Å². The predicted octanol–water partition coefficient (Wildman–Crippen LogP) is 3.27. The van der Waals surface area contributed by atoms with Crippen LogP contribution >= 0.6 is 0 Å². The summed E-state index contributed by atoms with van der Waals surface area (Å²) in [5, 5.41) is 2.60. The Kier molecular flexibility index (Phi) is 5.01. The van der Waals surface area contributed by atoms with E-state index in [0.717, 1.165) is 49.8 Å². The van der Waals surface area contributed by atoms with Crippen LogP contribution in [0.25, 0.3) is 10.8 Å². The van der Waals surface area contributed by atoms with Crippen LogP contribution < -0.4 is 10.6 Å². The fourth-order valence-electron chi connectivity index (χ4n) is 4.14. The number of aryl methyl sites for hydroxylation is 2. The van der Waals surface area contributed by atoms with Gasteiger partial charge in [0.05, 0.1) is 5.56 Å². The van der Waals surface area contributed by atoms with E-state index in [1.807, 2.05) is 19.9 Å². The number of piperazine rings is 1. The summed E-state index contributed by atoms with van der Waals surface area (Å²) in [6.45, 7) is 8.33. The molecule has 5 nitrogen and oxygen atoms in total. The molecule has 2 N–H and O–H groups in total. The van der Waals surface area contributed by atoms with Crippen molar-refractivity contribution in [1.29, 1.82) is 0 Å². The number of carbonyl (C=O) groups is 1. The van der Waals surface area contributed by atoms with E-state index in [2.05, 4.69) is 57.2 Å². The maximum Gasteiger partial charge on any atom is 0.252 e. The number of fused-ring (bicyclic) bond motifs is 1. The summed E-state index contributed by atoms with van der Waals surface area (Å²) in [6, 6.07) is 17.0. The largest absolute Gasteiger partial charge is 0.365 e. The lowest BCUT2D eigenvalue weighted by Crippen LogP contribution is -2.47. The van der Waals surface area contributed by atoms with Crippen LogP contribution in [-0.2, 0) is 6.54 Å². The van der Waals surface area contributed by atoms with Gasteiger partial charge in [0.25, 0.3) is 5.91 Å². The smallest absolute Gasteiger partial charge is 0.252 e. The van der Waals surface area contributed by atoms with Gasteiger partial charge < -0.3 is 10.6 Å². The lowest BCUT2D eigenvalue weighted by molar-refractivity contribution is 0.0999. The monoisotopic (exact) mass is 374 g/mol. The molecule has 0 radical (unpaired) electrons. The van der Waals surface area contributed by atoms with E-state index in [1.165, 1.54) is 16.3 Å². The summed E-state index contributed by atoms with van der Waals surface area (Å²) in [4.78, 5) is 21.3. The minimum Gasteiger partial charge on any atom is -0.365 e. The SMILES string of the molecule is Cc1cc(C)c(C(N)=O)c(N2CCN(Cc3cccc4ccccc34)CC2)n1. The molecule has 1 amide bonds. The molecule has 3 aromatic rings. The van der Waals surface area contributed by atoms with Gasteiger partial charge in [-0.15, -0.1) is 0 Å². The van der Waals surface area contributed by atoms with Gasteiger partial charge in [-0.3, -0.25) is 9.69 Å². The highest BCUT2D eigenvalue weighted by Gasteiger charge is 2.24. The van der Waals surface area contributed by atoms with Crippen molar-refractivity contribution in [3.05, 3.63) is 70.9 Å². The van der Waals surface area contributed by atoms with E-state index < -0.39 is 5.91 Å². The molecule has 1 saturated heterocycles.